The summed E-state index contributed by atoms with van der Waals surface area (Å²) in [5.74, 6) is 0.142. The van der Waals surface area contributed by atoms with E-state index in [4.69, 9.17) is 4.74 Å². The van der Waals surface area contributed by atoms with E-state index in [1.54, 1.807) is 23.1 Å². The van der Waals surface area contributed by atoms with Crippen molar-refractivity contribution < 1.29 is 14.3 Å². The lowest BCUT2D eigenvalue weighted by molar-refractivity contribution is 0.0738. The minimum absolute atomic E-state index is 0.141. The number of benzene rings is 1. The van der Waals surface area contributed by atoms with Crippen LogP contribution in [-0.4, -0.2) is 46.3 Å². The van der Waals surface area contributed by atoms with Crippen molar-refractivity contribution in [3.8, 4) is 0 Å². The Morgan fingerprint density at radius 1 is 1.32 bits per heavy atom. The Labute approximate surface area is 146 Å². The van der Waals surface area contributed by atoms with Crippen molar-refractivity contribution in [2.24, 2.45) is 0 Å². The smallest absolute Gasteiger partial charge is 0.411 e. The van der Waals surface area contributed by atoms with Crippen LogP contribution in [0.5, 0.6) is 0 Å². The highest BCUT2D eigenvalue weighted by molar-refractivity contribution is 5.92. The van der Waals surface area contributed by atoms with Crippen LogP contribution in [0.25, 0.3) is 0 Å². The molecule has 7 heteroatoms. The van der Waals surface area contributed by atoms with Gasteiger partial charge < -0.3 is 9.64 Å². The Hall–Kier alpha value is -2.83. The normalized spacial score (nSPS) is 16.9. The van der Waals surface area contributed by atoms with Crippen molar-refractivity contribution >= 4 is 17.7 Å². The maximum Gasteiger partial charge on any atom is 0.411 e. The van der Waals surface area contributed by atoms with Gasteiger partial charge in [0, 0.05) is 24.3 Å². The fraction of sp³-hybridized carbons (Fsp3) is 0.389. The molecule has 1 aliphatic rings. The third-order valence-electron chi connectivity index (χ3n) is 4.16. The fourth-order valence-corrected chi connectivity index (χ4v) is 2.73. The highest BCUT2D eigenvalue weighted by Crippen LogP contribution is 2.18. The second-order valence-corrected chi connectivity index (χ2v) is 6.42. The number of hydrogen-bond acceptors (Lipinski definition) is 4. The summed E-state index contributed by atoms with van der Waals surface area (Å²) in [6, 6.07) is 10.9. The van der Waals surface area contributed by atoms with Gasteiger partial charge in [0.15, 0.2) is 0 Å². The molecule has 0 aliphatic carbocycles. The molecule has 2 heterocycles. The minimum Gasteiger partial charge on any atom is -0.444 e. The number of hydrogen-bond donors (Lipinski definition) is 2. The average molecular weight is 342 g/mol. The van der Waals surface area contributed by atoms with Crippen molar-refractivity contribution in [2.45, 2.75) is 32.3 Å². The molecule has 1 aliphatic heterocycles. The summed E-state index contributed by atoms with van der Waals surface area (Å²) in [4.78, 5) is 26.1. The topological polar surface area (TPSA) is 87.3 Å². The van der Waals surface area contributed by atoms with E-state index in [9.17, 15) is 9.59 Å². The van der Waals surface area contributed by atoms with Crippen LogP contribution in [0.15, 0.2) is 36.4 Å². The van der Waals surface area contributed by atoms with Crippen molar-refractivity contribution in [2.75, 3.05) is 18.4 Å². The number of carbonyl (C=O) groups is 2. The predicted molar refractivity (Wildman–Crippen MR) is 93.5 cm³/mol. The number of aromatic nitrogens is 2. The van der Waals surface area contributed by atoms with Gasteiger partial charge in [-0.3, -0.25) is 15.2 Å². The van der Waals surface area contributed by atoms with Crippen LogP contribution in [-0.2, 0) is 4.74 Å². The standard InChI is InChI=1S/C18H22N4O3/c1-12(2)15-10-16(21-20-15)17(23)22-9-8-14(11-22)25-18(24)19-13-6-4-3-5-7-13/h3-7,10,12,14H,8-9,11H2,1-2H3,(H,19,24)(H,20,21). The first-order valence-corrected chi connectivity index (χ1v) is 8.40. The third kappa shape index (κ3) is 4.17. The Morgan fingerprint density at radius 2 is 2.08 bits per heavy atom. The minimum atomic E-state index is -0.507. The zero-order chi connectivity index (χ0) is 17.8. The van der Waals surface area contributed by atoms with E-state index in [1.807, 2.05) is 32.0 Å². The number of ether oxygens (including phenoxy) is 1. The summed E-state index contributed by atoms with van der Waals surface area (Å²) >= 11 is 0. The summed E-state index contributed by atoms with van der Waals surface area (Å²) < 4.78 is 5.40. The zero-order valence-electron chi connectivity index (χ0n) is 14.4. The molecule has 1 unspecified atom stereocenters. The first-order chi connectivity index (χ1) is 12.0. The number of nitrogens with zero attached hydrogens (tertiary/aromatic N) is 2. The molecule has 0 radical (unpaired) electrons. The van der Waals surface area contributed by atoms with Crippen LogP contribution in [0, 0.1) is 0 Å². The lowest BCUT2D eigenvalue weighted by atomic mass is 10.1. The summed E-state index contributed by atoms with van der Waals surface area (Å²) in [6.45, 7) is 5.00. The van der Waals surface area contributed by atoms with Crippen molar-refractivity contribution in [1.82, 2.24) is 15.1 Å². The molecule has 0 spiro atoms. The molecule has 132 valence electrons. The van der Waals surface area contributed by atoms with Crippen molar-refractivity contribution in [3.05, 3.63) is 47.8 Å². The molecule has 1 aromatic carbocycles. The van der Waals surface area contributed by atoms with Crippen LogP contribution in [0.4, 0.5) is 10.5 Å². The average Bonchev–Trinajstić information content (AvgIpc) is 3.24. The lowest BCUT2D eigenvalue weighted by Gasteiger charge is -2.15. The van der Waals surface area contributed by atoms with E-state index in [0.717, 1.165) is 5.69 Å². The van der Waals surface area contributed by atoms with Gasteiger partial charge in [0.05, 0.1) is 6.54 Å². The number of anilines is 1. The molecule has 1 saturated heterocycles. The van der Waals surface area contributed by atoms with Crippen LogP contribution in [0.2, 0.25) is 0 Å². The third-order valence-corrected chi connectivity index (χ3v) is 4.16. The maximum atomic E-state index is 12.5. The van der Waals surface area contributed by atoms with E-state index >= 15 is 0 Å². The summed E-state index contributed by atoms with van der Waals surface area (Å²) in [5, 5.41) is 9.65. The summed E-state index contributed by atoms with van der Waals surface area (Å²) in [6.07, 6.45) is -0.196. The number of amides is 2. The van der Waals surface area contributed by atoms with Crippen LogP contribution in [0.1, 0.15) is 42.4 Å². The zero-order valence-corrected chi connectivity index (χ0v) is 14.4. The number of rotatable bonds is 4. The number of aromatic amines is 1. The van der Waals surface area contributed by atoms with Gasteiger partial charge in [0.2, 0.25) is 0 Å². The second-order valence-electron chi connectivity index (χ2n) is 6.42. The van der Waals surface area contributed by atoms with Gasteiger partial charge >= 0.3 is 6.09 Å². The Balaban J connectivity index is 1.52. The van der Waals surface area contributed by atoms with Crippen molar-refractivity contribution in [3.63, 3.8) is 0 Å². The van der Waals surface area contributed by atoms with Gasteiger partial charge in [-0.2, -0.15) is 5.10 Å². The monoisotopic (exact) mass is 342 g/mol. The van der Waals surface area contributed by atoms with Gasteiger partial charge in [-0.1, -0.05) is 32.0 Å². The molecule has 25 heavy (non-hydrogen) atoms. The fourth-order valence-electron chi connectivity index (χ4n) is 2.73. The molecule has 1 aromatic heterocycles. The molecular weight excluding hydrogens is 320 g/mol. The van der Waals surface area contributed by atoms with E-state index in [0.29, 0.717) is 30.9 Å². The second kappa shape index (κ2) is 7.38. The number of likely N-dealkylation sites (tertiary alicyclic amines) is 1. The number of H-pyrrole nitrogens is 1. The molecule has 0 saturated carbocycles. The van der Waals surface area contributed by atoms with Gasteiger partial charge in [0.1, 0.15) is 11.8 Å². The SMILES string of the molecule is CC(C)c1cc(C(=O)N2CCC(OC(=O)Nc3ccccc3)C2)n[nH]1. The molecular formula is C18H22N4O3. The largest absolute Gasteiger partial charge is 0.444 e. The van der Waals surface area contributed by atoms with Gasteiger partial charge in [-0.05, 0) is 24.1 Å². The molecule has 3 rings (SSSR count). The Bertz CT molecular complexity index is 742. The predicted octanol–water partition coefficient (Wildman–Crippen LogP) is 3.00. The number of carbonyl (C=O) groups excluding carboxylic acids is 2. The molecule has 1 fully saturated rings. The molecule has 2 amide bonds. The quantitative estimate of drug-likeness (QED) is 0.894. The highest BCUT2D eigenvalue weighted by atomic mass is 16.6. The molecule has 1 atom stereocenters. The maximum absolute atomic E-state index is 12.5. The Kier molecular flexibility index (Phi) is 5.02. The van der Waals surface area contributed by atoms with Crippen LogP contribution >= 0.6 is 0 Å². The van der Waals surface area contributed by atoms with Gasteiger partial charge in [-0.25, -0.2) is 4.79 Å². The molecule has 2 N–H and O–H groups in total. The van der Waals surface area contributed by atoms with Gasteiger partial charge in [-0.15, -0.1) is 0 Å². The summed E-state index contributed by atoms with van der Waals surface area (Å²) in [7, 11) is 0. The first-order valence-electron chi connectivity index (χ1n) is 8.40. The molecule has 2 aromatic rings. The number of nitrogens with one attached hydrogen (secondary N) is 2. The first kappa shape index (κ1) is 17.0. The van der Waals surface area contributed by atoms with Crippen molar-refractivity contribution in [1.29, 1.82) is 0 Å². The van der Waals surface area contributed by atoms with Crippen LogP contribution in [0.3, 0.4) is 0 Å². The number of para-hydroxylation sites is 1. The van der Waals surface area contributed by atoms with Gasteiger partial charge in [0.25, 0.3) is 5.91 Å². The Morgan fingerprint density at radius 3 is 2.76 bits per heavy atom. The van der Waals surface area contributed by atoms with E-state index in [2.05, 4.69) is 15.5 Å². The van der Waals surface area contributed by atoms with Crippen LogP contribution < -0.4 is 5.32 Å². The van der Waals surface area contributed by atoms with E-state index in [1.165, 1.54) is 0 Å². The highest BCUT2D eigenvalue weighted by Gasteiger charge is 2.30. The summed E-state index contributed by atoms with van der Waals surface area (Å²) in [5.41, 5.74) is 2.01. The van der Waals surface area contributed by atoms with E-state index < -0.39 is 6.09 Å². The lowest BCUT2D eigenvalue weighted by Crippen LogP contribution is -2.31. The van der Waals surface area contributed by atoms with E-state index in [-0.39, 0.29) is 17.9 Å². The molecule has 0 bridgehead atoms. The molecule has 7 nitrogen and oxygen atoms in total.